The lowest BCUT2D eigenvalue weighted by atomic mass is 10.0. The van der Waals surface area contributed by atoms with Crippen molar-refractivity contribution in [1.29, 1.82) is 0 Å². The molecule has 0 radical (unpaired) electrons. The number of rotatable bonds is 1. The molecule has 1 saturated heterocycles. The van der Waals surface area contributed by atoms with Crippen molar-refractivity contribution in [3.05, 3.63) is 59.2 Å². The molecule has 2 aromatic rings. The first kappa shape index (κ1) is 14.2. The van der Waals surface area contributed by atoms with Crippen LogP contribution in [-0.2, 0) is 0 Å². The maximum atomic E-state index is 12.6. The summed E-state index contributed by atoms with van der Waals surface area (Å²) in [5.41, 5.74) is 3.69. The Bertz CT molecular complexity index is 804. The van der Waals surface area contributed by atoms with Gasteiger partial charge >= 0.3 is 0 Å². The van der Waals surface area contributed by atoms with Crippen LogP contribution in [0.4, 0.5) is 0 Å². The lowest BCUT2D eigenvalue weighted by molar-refractivity contribution is 0.0546. The predicted molar refractivity (Wildman–Crippen MR) is 86.5 cm³/mol. The molecule has 0 aromatic heterocycles. The van der Waals surface area contributed by atoms with Gasteiger partial charge in [-0.25, -0.2) is 0 Å². The summed E-state index contributed by atoms with van der Waals surface area (Å²) in [6, 6.07) is 12.9. The molecule has 2 aromatic carbocycles. The van der Waals surface area contributed by atoms with Gasteiger partial charge in [-0.05, 0) is 36.1 Å². The number of carbonyl (C=O) groups is 2. The molecule has 116 valence electrons. The van der Waals surface area contributed by atoms with Gasteiger partial charge in [-0.15, -0.1) is 0 Å². The zero-order valence-corrected chi connectivity index (χ0v) is 12.7. The molecule has 1 heterocycles. The summed E-state index contributed by atoms with van der Waals surface area (Å²) in [7, 11) is 0. The normalized spacial score (nSPS) is 17.1. The summed E-state index contributed by atoms with van der Waals surface area (Å²) in [6.07, 6.45) is 0.914. The average molecular weight is 307 g/mol. The van der Waals surface area contributed by atoms with Crippen molar-refractivity contribution < 1.29 is 14.7 Å². The number of nitrogens with zero attached hydrogens (tertiary/aromatic N) is 1. The molecular formula is C19H17NO3. The number of ketones is 1. The summed E-state index contributed by atoms with van der Waals surface area (Å²) < 4.78 is 0. The van der Waals surface area contributed by atoms with E-state index in [9.17, 15) is 14.7 Å². The molecule has 4 rings (SSSR count). The van der Waals surface area contributed by atoms with Gasteiger partial charge in [-0.2, -0.15) is 0 Å². The van der Waals surface area contributed by atoms with Crippen LogP contribution in [0.3, 0.4) is 0 Å². The minimum atomic E-state index is -0.310. The van der Waals surface area contributed by atoms with Crippen molar-refractivity contribution in [1.82, 2.24) is 4.90 Å². The summed E-state index contributed by atoms with van der Waals surface area (Å²) in [5, 5.41) is 9.56. The van der Waals surface area contributed by atoms with E-state index in [0.29, 0.717) is 42.6 Å². The predicted octanol–water partition coefficient (Wildman–Crippen LogP) is 2.49. The second-order valence-corrected chi connectivity index (χ2v) is 6.16. The number of fused-ring (bicyclic) bond motifs is 3. The third-order valence-electron chi connectivity index (χ3n) is 4.72. The van der Waals surface area contributed by atoms with E-state index in [1.807, 2.05) is 30.3 Å². The van der Waals surface area contributed by atoms with Crippen LogP contribution in [0, 0.1) is 0 Å². The van der Waals surface area contributed by atoms with Crippen molar-refractivity contribution in [2.45, 2.75) is 18.9 Å². The molecule has 2 aliphatic rings. The Morgan fingerprint density at radius 2 is 1.61 bits per heavy atom. The minimum absolute atomic E-state index is 0.0145. The van der Waals surface area contributed by atoms with Crippen molar-refractivity contribution in [3.63, 3.8) is 0 Å². The third kappa shape index (κ3) is 2.26. The highest BCUT2D eigenvalue weighted by atomic mass is 16.3. The van der Waals surface area contributed by atoms with Crippen molar-refractivity contribution >= 4 is 11.7 Å². The number of aliphatic hydroxyl groups is 1. The molecule has 1 N–H and O–H groups in total. The van der Waals surface area contributed by atoms with E-state index in [1.54, 1.807) is 17.0 Å². The van der Waals surface area contributed by atoms with Gasteiger partial charge in [-0.1, -0.05) is 30.3 Å². The summed E-state index contributed by atoms with van der Waals surface area (Å²) in [5.74, 6) is -0.0808. The van der Waals surface area contributed by atoms with Crippen molar-refractivity contribution in [2.75, 3.05) is 13.1 Å². The molecule has 0 atom stereocenters. The maximum Gasteiger partial charge on any atom is 0.253 e. The van der Waals surface area contributed by atoms with Gasteiger partial charge in [0.15, 0.2) is 5.78 Å². The molecule has 0 bridgehead atoms. The Labute approximate surface area is 134 Å². The zero-order valence-electron chi connectivity index (χ0n) is 12.7. The molecule has 23 heavy (non-hydrogen) atoms. The number of benzene rings is 2. The Balaban J connectivity index is 1.66. The fourth-order valence-electron chi connectivity index (χ4n) is 3.41. The first-order valence-electron chi connectivity index (χ1n) is 7.90. The molecule has 1 aliphatic carbocycles. The highest BCUT2D eigenvalue weighted by Crippen LogP contribution is 2.36. The molecule has 0 spiro atoms. The van der Waals surface area contributed by atoms with E-state index >= 15 is 0 Å². The second-order valence-electron chi connectivity index (χ2n) is 6.16. The maximum absolute atomic E-state index is 12.6. The van der Waals surface area contributed by atoms with E-state index in [4.69, 9.17) is 0 Å². The topological polar surface area (TPSA) is 57.6 Å². The Morgan fingerprint density at radius 3 is 2.35 bits per heavy atom. The molecule has 1 aliphatic heterocycles. The smallest absolute Gasteiger partial charge is 0.253 e. The highest BCUT2D eigenvalue weighted by molar-refractivity contribution is 6.22. The first-order valence-corrected chi connectivity index (χ1v) is 7.90. The van der Waals surface area contributed by atoms with Gasteiger partial charge < -0.3 is 10.0 Å². The zero-order chi connectivity index (χ0) is 16.0. The van der Waals surface area contributed by atoms with E-state index in [-0.39, 0.29) is 17.8 Å². The van der Waals surface area contributed by atoms with Crippen molar-refractivity contribution in [3.8, 4) is 11.1 Å². The number of likely N-dealkylation sites (tertiary alicyclic amines) is 1. The summed E-state index contributed by atoms with van der Waals surface area (Å²) in [4.78, 5) is 26.9. The van der Waals surface area contributed by atoms with Gasteiger partial charge in [0.05, 0.1) is 6.10 Å². The van der Waals surface area contributed by atoms with E-state index in [2.05, 4.69) is 0 Å². The number of hydrogen-bond acceptors (Lipinski definition) is 3. The van der Waals surface area contributed by atoms with Gasteiger partial charge in [0.2, 0.25) is 0 Å². The van der Waals surface area contributed by atoms with Crippen LogP contribution in [-0.4, -0.2) is 40.9 Å². The number of hydrogen-bond donors (Lipinski definition) is 1. The van der Waals surface area contributed by atoms with Crippen LogP contribution in [0.25, 0.3) is 11.1 Å². The van der Waals surface area contributed by atoms with Crippen LogP contribution in [0.15, 0.2) is 42.5 Å². The molecule has 4 heteroatoms. The Kier molecular flexibility index (Phi) is 3.27. The number of piperidine rings is 1. The Morgan fingerprint density at radius 1 is 0.957 bits per heavy atom. The van der Waals surface area contributed by atoms with Gasteiger partial charge in [0, 0.05) is 29.8 Å². The first-order chi connectivity index (χ1) is 11.1. The third-order valence-corrected chi connectivity index (χ3v) is 4.72. The highest BCUT2D eigenvalue weighted by Gasteiger charge is 2.28. The largest absolute Gasteiger partial charge is 0.393 e. The van der Waals surface area contributed by atoms with Crippen LogP contribution in [0.1, 0.15) is 39.1 Å². The molecule has 4 nitrogen and oxygen atoms in total. The standard InChI is InChI=1S/C19H17NO3/c21-13-7-9-20(10-8-13)19(23)12-5-6-15-14-3-1-2-4-16(14)18(22)17(15)11-12/h1-6,11,13,21H,7-10H2. The molecule has 0 unspecified atom stereocenters. The van der Waals surface area contributed by atoms with Crippen molar-refractivity contribution in [2.24, 2.45) is 0 Å². The van der Waals surface area contributed by atoms with E-state index < -0.39 is 0 Å². The van der Waals surface area contributed by atoms with E-state index in [0.717, 1.165) is 11.1 Å². The fourth-order valence-corrected chi connectivity index (χ4v) is 3.41. The molecule has 1 amide bonds. The van der Waals surface area contributed by atoms with Crippen LogP contribution in [0.5, 0.6) is 0 Å². The molecular weight excluding hydrogens is 290 g/mol. The quantitative estimate of drug-likeness (QED) is 0.751. The SMILES string of the molecule is O=C1c2ccccc2-c2ccc(C(=O)N3CCC(O)CC3)cc21. The van der Waals surface area contributed by atoms with Crippen LogP contribution in [0.2, 0.25) is 0 Å². The van der Waals surface area contributed by atoms with Gasteiger partial charge in [0.25, 0.3) is 5.91 Å². The van der Waals surface area contributed by atoms with Gasteiger partial charge in [-0.3, -0.25) is 9.59 Å². The van der Waals surface area contributed by atoms with Crippen LogP contribution >= 0.6 is 0 Å². The average Bonchev–Trinajstić information content (AvgIpc) is 2.88. The molecule has 1 fully saturated rings. The second kappa shape index (κ2) is 5.32. The van der Waals surface area contributed by atoms with Gasteiger partial charge in [0.1, 0.15) is 0 Å². The minimum Gasteiger partial charge on any atom is -0.393 e. The molecule has 0 saturated carbocycles. The lowest BCUT2D eigenvalue weighted by Crippen LogP contribution is -2.40. The Hall–Kier alpha value is -2.46. The summed E-state index contributed by atoms with van der Waals surface area (Å²) >= 11 is 0. The monoisotopic (exact) mass is 307 g/mol. The van der Waals surface area contributed by atoms with E-state index in [1.165, 1.54) is 0 Å². The number of carbonyl (C=O) groups excluding carboxylic acids is 2. The van der Waals surface area contributed by atoms with Crippen LogP contribution < -0.4 is 0 Å². The fraction of sp³-hybridized carbons (Fsp3) is 0.263. The number of aliphatic hydroxyl groups excluding tert-OH is 1. The lowest BCUT2D eigenvalue weighted by Gasteiger charge is -2.29. The summed E-state index contributed by atoms with van der Waals surface area (Å²) in [6.45, 7) is 1.12. The number of amides is 1.